The largest absolute Gasteiger partial charge is 0.478 e. The summed E-state index contributed by atoms with van der Waals surface area (Å²) < 4.78 is 0. The molecule has 0 saturated heterocycles. The maximum atomic E-state index is 10.7. The summed E-state index contributed by atoms with van der Waals surface area (Å²) in [4.78, 5) is 10.7. The van der Waals surface area contributed by atoms with Gasteiger partial charge in [0.15, 0.2) is 0 Å². The summed E-state index contributed by atoms with van der Waals surface area (Å²) in [5.41, 5.74) is 5.82. The van der Waals surface area contributed by atoms with Crippen LogP contribution in [-0.4, -0.2) is 16.8 Å². The third-order valence-electron chi connectivity index (χ3n) is 2.68. The summed E-state index contributed by atoms with van der Waals surface area (Å²) in [6, 6.07) is 16.3. The van der Waals surface area contributed by atoms with Gasteiger partial charge in [-0.05, 0) is 36.8 Å². The molecule has 0 amide bonds. The molecule has 19 heavy (non-hydrogen) atoms. The number of hydrogen-bond donors (Lipinski definition) is 2. The predicted molar refractivity (Wildman–Crippen MR) is 75.7 cm³/mol. The highest BCUT2D eigenvalue weighted by Crippen LogP contribution is 2.10. The van der Waals surface area contributed by atoms with E-state index in [-0.39, 0.29) is 5.56 Å². The summed E-state index contributed by atoms with van der Waals surface area (Å²) in [5, 5.41) is 13.1. The highest BCUT2D eigenvalue weighted by atomic mass is 16.4. The Hall–Kier alpha value is -2.62. The fourth-order valence-electron chi connectivity index (χ4n) is 1.58. The van der Waals surface area contributed by atoms with Crippen LogP contribution in [0.3, 0.4) is 0 Å². The molecule has 0 bridgehead atoms. The van der Waals surface area contributed by atoms with Gasteiger partial charge in [0.25, 0.3) is 0 Å². The smallest absolute Gasteiger partial charge is 0.335 e. The van der Waals surface area contributed by atoms with E-state index in [1.807, 2.05) is 37.3 Å². The maximum Gasteiger partial charge on any atom is 0.335 e. The number of carbonyl (C=O) groups is 1. The van der Waals surface area contributed by atoms with Gasteiger partial charge in [-0.1, -0.05) is 30.3 Å². The van der Waals surface area contributed by atoms with Crippen molar-refractivity contribution < 1.29 is 9.90 Å². The fourth-order valence-corrected chi connectivity index (χ4v) is 1.58. The molecule has 0 heterocycles. The quantitative estimate of drug-likeness (QED) is 0.650. The van der Waals surface area contributed by atoms with Crippen molar-refractivity contribution in [1.29, 1.82) is 0 Å². The third-order valence-corrected chi connectivity index (χ3v) is 2.68. The van der Waals surface area contributed by atoms with Crippen molar-refractivity contribution in [3.63, 3.8) is 0 Å². The SMILES string of the molecule is C/C(=N\Nc1ccc(C(=O)O)cc1)c1ccccc1. The molecule has 0 atom stereocenters. The zero-order valence-corrected chi connectivity index (χ0v) is 10.5. The van der Waals surface area contributed by atoms with E-state index >= 15 is 0 Å². The normalized spacial score (nSPS) is 11.1. The van der Waals surface area contributed by atoms with Gasteiger partial charge in [0.05, 0.1) is 17.0 Å². The van der Waals surface area contributed by atoms with Crippen molar-refractivity contribution >= 4 is 17.4 Å². The van der Waals surface area contributed by atoms with Crippen LogP contribution in [-0.2, 0) is 0 Å². The number of carboxylic acid groups (broad SMARTS) is 1. The standard InChI is InChI=1S/C15H14N2O2/c1-11(12-5-3-2-4-6-12)16-17-14-9-7-13(8-10-14)15(18)19/h2-10,17H,1H3,(H,18,19)/b16-11+. The van der Waals surface area contributed by atoms with E-state index in [2.05, 4.69) is 10.5 Å². The first kappa shape index (κ1) is 12.8. The minimum Gasteiger partial charge on any atom is -0.478 e. The van der Waals surface area contributed by atoms with Crippen molar-refractivity contribution in [1.82, 2.24) is 0 Å². The van der Waals surface area contributed by atoms with E-state index in [9.17, 15) is 4.79 Å². The van der Waals surface area contributed by atoms with Gasteiger partial charge in [0.2, 0.25) is 0 Å². The van der Waals surface area contributed by atoms with Crippen molar-refractivity contribution in [3.8, 4) is 0 Å². The molecule has 2 aromatic carbocycles. The van der Waals surface area contributed by atoms with Gasteiger partial charge < -0.3 is 5.11 Å². The van der Waals surface area contributed by atoms with Gasteiger partial charge in [0, 0.05) is 0 Å². The van der Waals surface area contributed by atoms with Gasteiger partial charge >= 0.3 is 5.97 Å². The molecule has 2 aromatic rings. The first-order valence-electron chi connectivity index (χ1n) is 5.86. The number of anilines is 1. The van der Waals surface area contributed by atoms with E-state index < -0.39 is 5.97 Å². The minimum absolute atomic E-state index is 0.259. The zero-order chi connectivity index (χ0) is 13.7. The Bertz CT molecular complexity index is 589. The monoisotopic (exact) mass is 254 g/mol. The van der Waals surface area contributed by atoms with E-state index in [0.29, 0.717) is 0 Å². The van der Waals surface area contributed by atoms with Gasteiger partial charge in [-0.2, -0.15) is 5.10 Å². The fraction of sp³-hybridized carbons (Fsp3) is 0.0667. The van der Waals surface area contributed by atoms with E-state index in [1.54, 1.807) is 12.1 Å². The molecular formula is C15H14N2O2. The Balaban J connectivity index is 2.08. The molecular weight excluding hydrogens is 240 g/mol. The number of nitrogens with zero attached hydrogens (tertiary/aromatic N) is 1. The van der Waals surface area contributed by atoms with Crippen LogP contribution >= 0.6 is 0 Å². The highest BCUT2D eigenvalue weighted by molar-refractivity contribution is 5.99. The first-order valence-corrected chi connectivity index (χ1v) is 5.86. The van der Waals surface area contributed by atoms with Crippen LogP contribution in [0.5, 0.6) is 0 Å². The highest BCUT2D eigenvalue weighted by Gasteiger charge is 2.01. The number of hydrazone groups is 1. The lowest BCUT2D eigenvalue weighted by Gasteiger charge is -2.04. The van der Waals surface area contributed by atoms with Gasteiger partial charge in [-0.3, -0.25) is 5.43 Å². The van der Waals surface area contributed by atoms with Crippen molar-refractivity contribution in [3.05, 3.63) is 65.7 Å². The van der Waals surface area contributed by atoms with E-state index in [1.165, 1.54) is 12.1 Å². The second kappa shape index (κ2) is 5.82. The number of carboxylic acids is 1. The van der Waals surface area contributed by atoms with E-state index in [4.69, 9.17) is 5.11 Å². The lowest BCUT2D eigenvalue weighted by molar-refractivity contribution is 0.0697. The van der Waals surface area contributed by atoms with Crippen LogP contribution in [0.15, 0.2) is 59.7 Å². The van der Waals surface area contributed by atoms with Crippen molar-refractivity contribution in [2.45, 2.75) is 6.92 Å². The molecule has 0 unspecified atom stereocenters. The lowest BCUT2D eigenvalue weighted by atomic mass is 10.1. The summed E-state index contributed by atoms with van der Waals surface area (Å²) in [7, 11) is 0. The zero-order valence-electron chi connectivity index (χ0n) is 10.5. The van der Waals surface area contributed by atoms with Crippen LogP contribution in [0.1, 0.15) is 22.8 Å². The Labute approximate surface area is 111 Å². The minimum atomic E-state index is -0.935. The average Bonchev–Trinajstić information content (AvgIpc) is 2.46. The summed E-state index contributed by atoms with van der Waals surface area (Å²) in [6.45, 7) is 1.91. The molecule has 2 rings (SSSR count). The maximum absolute atomic E-state index is 10.7. The molecule has 0 aliphatic heterocycles. The lowest BCUT2D eigenvalue weighted by Crippen LogP contribution is -2.00. The summed E-state index contributed by atoms with van der Waals surface area (Å²) in [5.74, 6) is -0.935. The Kier molecular flexibility index (Phi) is 3.93. The number of rotatable bonds is 4. The van der Waals surface area contributed by atoms with Crippen molar-refractivity contribution in [2.24, 2.45) is 5.10 Å². The molecule has 0 aliphatic rings. The summed E-state index contributed by atoms with van der Waals surface area (Å²) >= 11 is 0. The Morgan fingerprint density at radius 2 is 1.63 bits per heavy atom. The van der Waals surface area contributed by atoms with E-state index in [0.717, 1.165) is 17.0 Å². The number of hydrogen-bond acceptors (Lipinski definition) is 3. The molecule has 96 valence electrons. The molecule has 0 spiro atoms. The first-order chi connectivity index (χ1) is 9.16. The molecule has 2 N–H and O–H groups in total. The second-order valence-corrected chi connectivity index (χ2v) is 4.06. The topological polar surface area (TPSA) is 61.7 Å². The second-order valence-electron chi connectivity index (χ2n) is 4.06. The van der Waals surface area contributed by atoms with Crippen LogP contribution in [0, 0.1) is 0 Å². The molecule has 0 fully saturated rings. The molecule has 0 radical (unpaired) electrons. The van der Waals surface area contributed by atoms with Crippen LogP contribution in [0.25, 0.3) is 0 Å². The molecule has 4 heteroatoms. The average molecular weight is 254 g/mol. The summed E-state index contributed by atoms with van der Waals surface area (Å²) in [6.07, 6.45) is 0. The molecule has 4 nitrogen and oxygen atoms in total. The molecule has 0 saturated carbocycles. The van der Waals surface area contributed by atoms with Gasteiger partial charge in [-0.25, -0.2) is 4.79 Å². The van der Waals surface area contributed by atoms with Crippen molar-refractivity contribution in [2.75, 3.05) is 5.43 Å². The third kappa shape index (κ3) is 3.42. The van der Waals surface area contributed by atoms with Crippen LogP contribution in [0.4, 0.5) is 5.69 Å². The number of aromatic carboxylic acids is 1. The molecule has 0 aromatic heterocycles. The number of nitrogens with one attached hydrogen (secondary N) is 1. The van der Waals surface area contributed by atoms with Crippen LogP contribution < -0.4 is 5.43 Å². The molecule has 0 aliphatic carbocycles. The Morgan fingerprint density at radius 3 is 2.21 bits per heavy atom. The number of benzene rings is 2. The van der Waals surface area contributed by atoms with Crippen LogP contribution in [0.2, 0.25) is 0 Å². The van der Waals surface area contributed by atoms with Gasteiger partial charge in [0.1, 0.15) is 0 Å². The predicted octanol–water partition coefficient (Wildman–Crippen LogP) is 3.22. The van der Waals surface area contributed by atoms with Gasteiger partial charge in [-0.15, -0.1) is 0 Å². The Morgan fingerprint density at radius 1 is 1.00 bits per heavy atom.